The standard InChI is InChI=1S/C23H22ClF4N5OS/c1-11-7-32(8-12(2)30-11)21-16-4-17(23(26,27)28)18(24)20-19(16)33(22(34)31-21)9-14(10-35-20)13-3-15(25)6-29-5-13/h3-6,11-12,14,30H,7-10H2,1-2H3/t11-,12+,14-/m0/s1. The zero-order valence-corrected chi connectivity index (χ0v) is 20.4. The second-order valence-corrected chi connectivity index (χ2v) is 10.5. The van der Waals surface area contributed by atoms with Gasteiger partial charge in [0.05, 0.1) is 27.2 Å². The van der Waals surface area contributed by atoms with Gasteiger partial charge in [-0.1, -0.05) is 11.6 Å². The molecule has 35 heavy (non-hydrogen) atoms. The van der Waals surface area contributed by atoms with Gasteiger partial charge in [0.25, 0.3) is 0 Å². The van der Waals surface area contributed by atoms with E-state index in [0.29, 0.717) is 29.9 Å². The average Bonchev–Trinajstić information content (AvgIpc) is 2.98. The first kappa shape index (κ1) is 24.3. The van der Waals surface area contributed by atoms with Gasteiger partial charge in [-0.2, -0.15) is 18.2 Å². The Bertz CT molecular complexity index is 1350. The minimum Gasteiger partial charge on any atom is -0.353 e. The number of alkyl halides is 3. The number of anilines is 1. The third kappa shape index (κ3) is 4.49. The molecule has 0 unspecified atom stereocenters. The number of nitrogens with zero attached hydrogens (tertiary/aromatic N) is 4. The number of benzene rings is 1. The average molecular weight is 528 g/mol. The third-order valence-corrected chi connectivity index (χ3v) is 8.09. The Morgan fingerprint density at radius 3 is 2.51 bits per heavy atom. The Hall–Kier alpha value is -2.37. The van der Waals surface area contributed by atoms with Crippen molar-refractivity contribution in [1.82, 2.24) is 19.9 Å². The minimum absolute atomic E-state index is 0.0572. The van der Waals surface area contributed by atoms with Crippen LogP contribution in [0.15, 0.2) is 34.2 Å². The summed E-state index contributed by atoms with van der Waals surface area (Å²) < 4.78 is 57.3. The van der Waals surface area contributed by atoms with Gasteiger partial charge < -0.3 is 10.2 Å². The van der Waals surface area contributed by atoms with Gasteiger partial charge in [-0.05, 0) is 31.5 Å². The quantitative estimate of drug-likeness (QED) is 0.488. The molecule has 5 rings (SSSR count). The van der Waals surface area contributed by atoms with Crippen LogP contribution < -0.4 is 15.9 Å². The Kier molecular flexibility index (Phi) is 6.21. The van der Waals surface area contributed by atoms with Gasteiger partial charge in [0.15, 0.2) is 0 Å². The molecule has 2 aliphatic rings. The predicted molar refractivity (Wildman–Crippen MR) is 128 cm³/mol. The molecule has 0 bridgehead atoms. The number of pyridine rings is 1. The number of hydrogen-bond acceptors (Lipinski definition) is 6. The van der Waals surface area contributed by atoms with E-state index < -0.39 is 28.3 Å². The van der Waals surface area contributed by atoms with E-state index in [1.54, 1.807) is 0 Å². The van der Waals surface area contributed by atoms with E-state index in [2.05, 4.69) is 15.3 Å². The van der Waals surface area contributed by atoms with Crippen molar-refractivity contribution < 1.29 is 17.6 Å². The lowest BCUT2D eigenvalue weighted by atomic mass is 10.0. The summed E-state index contributed by atoms with van der Waals surface area (Å²) in [6.45, 7) is 5.03. The molecule has 186 valence electrons. The van der Waals surface area contributed by atoms with Crippen molar-refractivity contribution in [3.05, 3.63) is 57.0 Å². The number of piperazine rings is 1. The number of thioether (sulfide) groups is 1. The van der Waals surface area contributed by atoms with Gasteiger partial charge in [-0.15, -0.1) is 11.8 Å². The summed E-state index contributed by atoms with van der Waals surface area (Å²) >= 11 is 7.47. The van der Waals surface area contributed by atoms with Crippen LogP contribution in [0.2, 0.25) is 5.02 Å². The monoisotopic (exact) mass is 527 g/mol. The smallest absolute Gasteiger partial charge is 0.353 e. The Balaban J connectivity index is 1.75. The van der Waals surface area contributed by atoms with Crippen LogP contribution in [0.25, 0.3) is 10.9 Å². The Morgan fingerprint density at radius 2 is 1.86 bits per heavy atom. The van der Waals surface area contributed by atoms with Crippen LogP contribution in [0, 0.1) is 5.82 Å². The zero-order chi connectivity index (χ0) is 25.1. The molecule has 2 aliphatic heterocycles. The topological polar surface area (TPSA) is 63.1 Å². The summed E-state index contributed by atoms with van der Waals surface area (Å²) in [7, 11) is 0. The summed E-state index contributed by atoms with van der Waals surface area (Å²) in [6, 6.07) is 2.44. The van der Waals surface area contributed by atoms with Crippen molar-refractivity contribution >= 4 is 40.1 Å². The normalized spacial score (nSPS) is 22.9. The summed E-state index contributed by atoms with van der Waals surface area (Å²) in [5.74, 6) is -0.399. The molecule has 0 radical (unpaired) electrons. The van der Waals surface area contributed by atoms with E-state index in [1.807, 2.05) is 18.7 Å². The van der Waals surface area contributed by atoms with Crippen molar-refractivity contribution in [3.63, 3.8) is 0 Å². The summed E-state index contributed by atoms with van der Waals surface area (Å²) in [6.07, 6.45) is -2.12. The maximum atomic E-state index is 14.0. The molecule has 12 heteroatoms. The van der Waals surface area contributed by atoms with Crippen LogP contribution in [0.1, 0.15) is 30.9 Å². The number of rotatable bonds is 2. The zero-order valence-electron chi connectivity index (χ0n) is 18.9. The lowest BCUT2D eigenvalue weighted by Crippen LogP contribution is -2.55. The molecule has 3 aromatic rings. The van der Waals surface area contributed by atoms with Crippen LogP contribution in [0.3, 0.4) is 0 Å². The highest BCUT2D eigenvalue weighted by molar-refractivity contribution is 7.99. The first-order chi connectivity index (χ1) is 16.5. The van der Waals surface area contributed by atoms with Gasteiger partial charge in [0.1, 0.15) is 11.6 Å². The molecule has 1 fully saturated rings. The lowest BCUT2D eigenvalue weighted by Gasteiger charge is -2.37. The lowest BCUT2D eigenvalue weighted by molar-refractivity contribution is -0.137. The molecule has 1 aromatic carbocycles. The second kappa shape index (κ2) is 8.94. The maximum Gasteiger partial charge on any atom is 0.417 e. The second-order valence-electron chi connectivity index (χ2n) is 9.11. The number of halogens is 5. The molecule has 2 aromatic heterocycles. The molecule has 3 atom stereocenters. The molecule has 0 aliphatic carbocycles. The van der Waals surface area contributed by atoms with Gasteiger partial charge in [-0.3, -0.25) is 9.55 Å². The number of hydrogen-bond donors (Lipinski definition) is 1. The molecule has 0 saturated carbocycles. The van der Waals surface area contributed by atoms with Crippen LogP contribution in [0.4, 0.5) is 23.4 Å². The van der Waals surface area contributed by atoms with E-state index in [0.717, 1.165) is 24.0 Å². The third-order valence-electron chi connectivity index (χ3n) is 6.33. The van der Waals surface area contributed by atoms with Crippen LogP contribution in [0.5, 0.6) is 0 Å². The maximum absolute atomic E-state index is 14.0. The van der Waals surface area contributed by atoms with Crippen LogP contribution in [-0.2, 0) is 12.7 Å². The van der Waals surface area contributed by atoms with Gasteiger partial charge in [0.2, 0.25) is 0 Å². The number of aromatic nitrogens is 3. The molecule has 0 spiro atoms. The van der Waals surface area contributed by atoms with E-state index >= 15 is 0 Å². The van der Waals surface area contributed by atoms with Gasteiger partial charge >= 0.3 is 11.9 Å². The highest BCUT2D eigenvalue weighted by Crippen LogP contribution is 2.47. The van der Waals surface area contributed by atoms with Crippen molar-refractivity contribution in [1.29, 1.82) is 0 Å². The first-order valence-corrected chi connectivity index (χ1v) is 12.5. The highest BCUT2D eigenvalue weighted by atomic mass is 35.5. The summed E-state index contributed by atoms with van der Waals surface area (Å²) in [5, 5.41) is 3.16. The Labute approximate surface area is 207 Å². The molecular weight excluding hydrogens is 506 g/mol. The van der Waals surface area contributed by atoms with Crippen LogP contribution in [-0.4, -0.2) is 45.5 Å². The number of nitrogens with one attached hydrogen (secondary N) is 1. The molecule has 1 saturated heterocycles. The van der Waals surface area contributed by atoms with E-state index in [4.69, 9.17) is 11.6 Å². The fourth-order valence-electron chi connectivity index (χ4n) is 4.93. The van der Waals surface area contributed by atoms with Crippen LogP contribution >= 0.6 is 23.4 Å². The summed E-state index contributed by atoms with van der Waals surface area (Å²) in [4.78, 5) is 23.5. The largest absolute Gasteiger partial charge is 0.417 e. The minimum atomic E-state index is -4.69. The van der Waals surface area contributed by atoms with Gasteiger partial charge in [-0.25, -0.2) is 9.18 Å². The summed E-state index contributed by atoms with van der Waals surface area (Å²) in [5.41, 5.74) is -0.676. The highest BCUT2D eigenvalue weighted by Gasteiger charge is 2.38. The fourth-order valence-corrected chi connectivity index (χ4v) is 6.60. The predicted octanol–water partition coefficient (Wildman–Crippen LogP) is 4.68. The molecule has 1 N–H and O–H groups in total. The van der Waals surface area contributed by atoms with E-state index in [1.165, 1.54) is 16.8 Å². The SMILES string of the molecule is C[C@@H]1CN(c2nc(=O)n3c4c(c(Cl)c(C(F)(F)F)cc24)SC[C@@H](c2cncc(F)c2)C3)C[C@H](C)N1. The van der Waals surface area contributed by atoms with Crippen molar-refractivity contribution in [2.75, 3.05) is 23.7 Å². The van der Waals surface area contributed by atoms with Gasteiger partial charge in [0, 0.05) is 55.0 Å². The van der Waals surface area contributed by atoms with E-state index in [9.17, 15) is 22.4 Å². The van der Waals surface area contributed by atoms with Crippen molar-refractivity contribution in [2.24, 2.45) is 0 Å². The van der Waals surface area contributed by atoms with E-state index in [-0.39, 0.29) is 40.6 Å². The fraction of sp³-hybridized carbons (Fsp3) is 0.435. The molecular formula is C23H22ClF4N5OS. The molecule has 0 amide bonds. The van der Waals surface area contributed by atoms with Crippen molar-refractivity contribution in [2.45, 2.75) is 49.5 Å². The molecule has 6 nitrogen and oxygen atoms in total. The first-order valence-electron chi connectivity index (χ1n) is 11.1. The molecule has 4 heterocycles. The van der Waals surface area contributed by atoms with Crippen molar-refractivity contribution in [3.8, 4) is 0 Å². The Morgan fingerprint density at radius 1 is 1.14 bits per heavy atom.